The van der Waals surface area contributed by atoms with Crippen LogP contribution in [-0.4, -0.2) is 89.8 Å². The summed E-state index contributed by atoms with van der Waals surface area (Å²) in [7, 11) is -2.99. The minimum atomic E-state index is -2.99. The van der Waals surface area contributed by atoms with Gasteiger partial charge in [0, 0.05) is 12.1 Å². The molecular formula is C32H58N4O2Si. The molecule has 0 heterocycles. The average molecular weight is 559 g/mol. The third kappa shape index (κ3) is 7.84. The highest BCUT2D eigenvalue weighted by Crippen LogP contribution is 2.39. The van der Waals surface area contributed by atoms with Gasteiger partial charge in [0.25, 0.3) is 0 Å². The van der Waals surface area contributed by atoms with Gasteiger partial charge in [0.1, 0.15) is 0 Å². The Hall–Kier alpha value is -1.93. The fourth-order valence-corrected chi connectivity index (χ4v) is 12.5. The van der Waals surface area contributed by atoms with Gasteiger partial charge in [0.05, 0.1) is 0 Å². The Bertz CT molecular complexity index is 863. The van der Waals surface area contributed by atoms with Crippen molar-refractivity contribution in [2.75, 3.05) is 39.3 Å². The summed E-state index contributed by atoms with van der Waals surface area (Å²) in [6.45, 7) is 31.1. The molecule has 0 aliphatic rings. The highest BCUT2D eigenvalue weighted by atomic mass is 28.4. The molecule has 0 radical (unpaired) electrons. The van der Waals surface area contributed by atoms with Gasteiger partial charge in [-0.1, -0.05) is 83.5 Å². The van der Waals surface area contributed by atoms with Crippen LogP contribution in [-0.2, 0) is 4.74 Å². The normalized spacial score (nSPS) is 14.1. The first-order chi connectivity index (χ1) is 18.5. The zero-order valence-electron chi connectivity index (χ0n) is 27.1. The molecule has 0 fully saturated rings. The Kier molecular flexibility index (Phi) is 14.7. The van der Waals surface area contributed by atoms with E-state index in [0.717, 1.165) is 50.4 Å². The molecule has 1 rings (SSSR count). The number of amides is 1. The predicted molar refractivity (Wildman–Crippen MR) is 171 cm³/mol. The van der Waals surface area contributed by atoms with Crippen molar-refractivity contribution in [1.82, 2.24) is 18.6 Å². The Morgan fingerprint density at radius 2 is 1.21 bits per heavy atom. The molecule has 0 bridgehead atoms. The summed E-state index contributed by atoms with van der Waals surface area (Å²) in [5.74, 6) is 0. The molecule has 39 heavy (non-hydrogen) atoms. The summed E-state index contributed by atoms with van der Waals surface area (Å²) in [4.78, 5) is 16.2. The van der Waals surface area contributed by atoms with E-state index in [1.54, 1.807) is 0 Å². The molecule has 0 N–H and O–H groups in total. The molecule has 0 aliphatic heterocycles. The van der Waals surface area contributed by atoms with Crippen LogP contribution in [0.2, 0.25) is 0 Å². The van der Waals surface area contributed by atoms with Crippen LogP contribution in [0.3, 0.4) is 0 Å². The van der Waals surface area contributed by atoms with Gasteiger partial charge < -0.3 is 9.64 Å². The maximum absolute atomic E-state index is 14.3. The molecule has 0 spiro atoms. The topological polar surface area (TPSA) is 39.3 Å². The van der Waals surface area contributed by atoms with E-state index in [0.29, 0.717) is 0 Å². The van der Waals surface area contributed by atoms with Crippen LogP contribution in [0.5, 0.6) is 0 Å². The van der Waals surface area contributed by atoms with E-state index < -0.39 is 13.8 Å². The second-order valence-electron chi connectivity index (χ2n) is 10.9. The zero-order chi connectivity index (χ0) is 29.8. The van der Waals surface area contributed by atoms with E-state index >= 15 is 0 Å². The van der Waals surface area contributed by atoms with Crippen LogP contribution < -0.4 is 0 Å². The second kappa shape index (κ2) is 16.4. The van der Waals surface area contributed by atoms with Gasteiger partial charge >= 0.3 is 14.7 Å². The smallest absolute Gasteiger partial charge is 0.411 e. The van der Waals surface area contributed by atoms with Crippen molar-refractivity contribution in [1.29, 1.82) is 0 Å². The summed E-state index contributed by atoms with van der Waals surface area (Å²) in [6.07, 6.45) is 6.33. The van der Waals surface area contributed by atoms with Gasteiger partial charge in [-0.3, -0.25) is 13.7 Å². The number of hydrogen-bond donors (Lipinski definition) is 0. The Morgan fingerprint density at radius 1 is 0.795 bits per heavy atom. The Balaban J connectivity index is 4.36. The van der Waals surface area contributed by atoms with Gasteiger partial charge in [-0.2, -0.15) is 0 Å². The summed E-state index contributed by atoms with van der Waals surface area (Å²) >= 11 is 0. The number of carbonyl (C=O) groups is 1. The third-order valence-corrected chi connectivity index (χ3v) is 13.5. The molecule has 0 saturated carbocycles. The van der Waals surface area contributed by atoms with Crippen LogP contribution >= 0.6 is 0 Å². The molecule has 1 atom stereocenters. The average Bonchev–Trinajstić information content (AvgIpc) is 2.88. The maximum atomic E-state index is 14.3. The van der Waals surface area contributed by atoms with Crippen molar-refractivity contribution in [3.63, 3.8) is 0 Å². The lowest BCUT2D eigenvalue weighted by Crippen LogP contribution is -2.85. The maximum Gasteiger partial charge on any atom is 0.411 e. The minimum Gasteiger partial charge on any atom is -0.433 e. The molecule has 7 heteroatoms. The molecule has 222 valence electrons. The standard InChI is InChI=1S/C32H58N4O2Si/c1-13-33(14-2)39(34(15-3)16-4,35(17-5)18-6)32(26-27(7)8,25-24-30-22-20-19-21-23-30)38-31(37)36(28(9)10)29(11)12/h19-26,28-29H,13-18H2,1-12H3/b25-24+/t32-/m1/s1. The van der Waals surface area contributed by atoms with Crippen LogP contribution in [0.1, 0.15) is 88.6 Å². The molecule has 0 aliphatic carbocycles. The number of carbonyl (C=O) groups excluding carboxylic acids is 1. The summed E-state index contributed by atoms with van der Waals surface area (Å²) < 4.78 is 14.9. The highest BCUT2D eigenvalue weighted by Gasteiger charge is 2.65. The van der Waals surface area contributed by atoms with Gasteiger partial charge in [0.2, 0.25) is 0 Å². The fraction of sp³-hybridized carbons (Fsp3) is 0.656. The lowest BCUT2D eigenvalue weighted by Gasteiger charge is -2.59. The van der Waals surface area contributed by atoms with Crippen molar-refractivity contribution >= 4 is 20.7 Å². The lowest BCUT2D eigenvalue weighted by atomic mass is 10.1. The van der Waals surface area contributed by atoms with Gasteiger partial charge in [-0.05, 0) is 98.5 Å². The van der Waals surface area contributed by atoms with Gasteiger partial charge in [-0.15, -0.1) is 0 Å². The number of rotatable bonds is 16. The van der Waals surface area contributed by atoms with Crippen LogP contribution in [0.15, 0.2) is 48.1 Å². The number of hydrogen-bond acceptors (Lipinski definition) is 5. The first-order valence-corrected chi connectivity index (χ1v) is 17.0. The van der Waals surface area contributed by atoms with E-state index in [4.69, 9.17) is 4.74 Å². The quantitative estimate of drug-likeness (QED) is 0.159. The third-order valence-electron chi connectivity index (χ3n) is 7.54. The fourth-order valence-electron chi connectivity index (χ4n) is 6.15. The molecule has 1 aromatic carbocycles. The van der Waals surface area contributed by atoms with Crippen LogP contribution in [0, 0.1) is 0 Å². The van der Waals surface area contributed by atoms with Gasteiger partial charge in [-0.25, -0.2) is 4.79 Å². The van der Waals surface area contributed by atoms with Gasteiger partial charge in [0.15, 0.2) is 5.22 Å². The number of ether oxygens (including phenoxy) is 1. The van der Waals surface area contributed by atoms with Crippen molar-refractivity contribution < 1.29 is 9.53 Å². The summed E-state index contributed by atoms with van der Waals surface area (Å²) in [6, 6.07) is 10.4. The van der Waals surface area contributed by atoms with Crippen molar-refractivity contribution in [2.45, 2.75) is 100 Å². The summed E-state index contributed by atoms with van der Waals surface area (Å²) in [5, 5.41) is -0.981. The molecule has 0 saturated heterocycles. The number of nitrogens with zero attached hydrogens (tertiary/aromatic N) is 4. The minimum absolute atomic E-state index is 0.0198. The molecule has 1 amide bonds. The van der Waals surface area contributed by atoms with E-state index in [9.17, 15) is 4.79 Å². The largest absolute Gasteiger partial charge is 0.433 e. The molecule has 1 aromatic rings. The zero-order valence-corrected chi connectivity index (χ0v) is 28.1. The van der Waals surface area contributed by atoms with Crippen molar-refractivity contribution in [3.8, 4) is 0 Å². The molecule has 0 aromatic heterocycles. The summed E-state index contributed by atoms with van der Waals surface area (Å²) in [5.41, 5.74) is 2.22. The van der Waals surface area contributed by atoms with Crippen molar-refractivity contribution in [2.24, 2.45) is 0 Å². The van der Waals surface area contributed by atoms with Crippen LogP contribution in [0.25, 0.3) is 6.08 Å². The molecule has 6 nitrogen and oxygen atoms in total. The second-order valence-corrected chi connectivity index (χ2v) is 14.8. The van der Waals surface area contributed by atoms with E-state index in [-0.39, 0.29) is 18.2 Å². The van der Waals surface area contributed by atoms with E-state index in [1.807, 2.05) is 11.0 Å². The molecular weight excluding hydrogens is 500 g/mol. The van der Waals surface area contributed by atoms with E-state index in [2.05, 4.69) is 139 Å². The highest BCUT2D eigenvalue weighted by molar-refractivity contribution is 6.76. The Labute approximate surface area is 241 Å². The van der Waals surface area contributed by atoms with Crippen molar-refractivity contribution in [3.05, 3.63) is 53.6 Å². The molecule has 0 unspecified atom stereocenters. The van der Waals surface area contributed by atoms with E-state index in [1.165, 1.54) is 0 Å². The van der Waals surface area contributed by atoms with Crippen LogP contribution in [0.4, 0.5) is 4.79 Å². The lowest BCUT2D eigenvalue weighted by molar-refractivity contribution is 0.0392. The monoisotopic (exact) mass is 558 g/mol. The number of benzene rings is 1. The first-order valence-electron chi connectivity index (χ1n) is 15.1. The Morgan fingerprint density at radius 3 is 1.54 bits per heavy atom. The first kappa shape index (κ1) is 35.1. The predicted octanol–water partition coefficient (Wildman–Crippen LogP) is 7.16. The SMILES string of the molecule is CCN(CC)[Si](N(CC)CC)(N(CC)CC)[C@@](C=C(C)C)(/C=C/c1ccccc1)OC(=O)N(C(C)C)C(C)C. The number of allylic oxidation sites excluding steroid dienone is 1.